The minimum Gasteiger partial charge on any atom is -0.483 e. The van der Waals surface area contributed by atoms with E-state index in [1.807, 2.05) is 47.4 Å². The van der Waals surface area contributed by atoms with Gasteiger partial charge in [-0.2, -0.15) is 0 Å². The van der Waals surface area contributed by atoms with Gasteiger partial charge in [-0.05, 0) is 30.2 Å². The van der Waals surface area contributed by atoms with E-state index in [9.17, 15) is 4.79 Å². The summed E-state index contributed by atoms with van der Waals surface area (Å²) in [5, 5.41) is 0. The molecule has 2 aromatic carbocycles. The smallest absolute Gasteiger partial charge is 0.264 e. The second-order valence-electron chi connectivity index (χ2n) is 5.11. The molecule has 0 radical (unpaired) electrons. The molecule has 114 valence electrons. The highest BCUT2D eigenvalue weighted by atomic mass is 32.2. The molecular formula is C18H19NO2S. The number of fused-ring (bicyclic) bond motifs is 1. The molecule has 3 nitrogen and oxygen atoms in total. The first-order valence-corrected chi connectivity index (χ1v) is 8.51. The lowest BCUT2D eigenvalue weighted by Crippen LogP contribution is -2.38. The number of rotatable bonds is 4. The zero-order chi connectivity index (χ0) is 15.4. The van der Waals surface area contributed by atoms with Crippen LogP contribution in [0.3, 0.4) is 0 Å². The summed E-state index contributed by atoms with van der Waals surface area (Å²) in [5.41, 5.74) is 2.13. The van der Waals surface area contributed by atoms with Crippen molar-refractivity contribution in [2.24, 2.45) is 0 Å². The number of aryl methyl sites for hydroxylation is 1. The maximum atomic E-state index is 12.5. The topological polar surface area (TPSA) is 29.5 Å². The first-order valence-electron chi connectivity index (χ1n) is 7.52. The van der Waals surface area contributed by atoms with Gasteiger partial charge in [0, 0.05) is 17.2 Å². The minimum atomic E-state index is 0.0126. The normalized spacial score (nSPS) is 13.6. The second-order valence-corrected chi connectivity index (χ2v) is 6.25. The summed E-state index contributed by atoms with van der Waals surface area (Å²) in [4.78, 5) is 15.5. The fraction of sp³-hybridized carbons (Fsp3) is 0.278. The molecule has 1 heterocycles. The highest BCUT2D eigenvalue weighted by molar-refractivity contribution is 7.99. The SMILES string of the molecule is CCc1ccccc1OCC(=O)N1CCSc2ccccc21. The number of thioether (sulfide) groups is 1. The Labute approximate surface area is 135 Å². The molecule has 1 aliphatic rings. The van der Waals surface area contributed by atoms with Crippen LogP contribution >= 0.6 is 11.8 Å². The number of amides is 1. The van der Waals surface area contributed by atoms with Crippen molar-refractivity contribution in [2.45, 2.75) is 18.2 Å². The van der Waals surface area contributed by atoms with E-state index >= 15 is 0 Å². The molecule has 2 aromatic rings. The Kier molecular flexibility index (Phi) is 4.68. The quantitative estimate of drug-likeness (QED) is 0.860. The number of carbonyl (C=O) groups is 1. The molecule has 1 aliphatic heterocycles. The van der Waals surface area contributed by atoms with Crippen molar-refractivity contribution in [3.8, 4) is 5.75 Å². The molecule has 0 bridgehead atoms. The van der Waals surface area contributed by atoms with Gasteiger partial charge < -0.3 is 9.64 Å². The van der Waals surface area contributed by atoms with Crippen molar-refractivity contribution in [3.63, 3.8) is 0 Å². The van der Waals surface area contributed by atoms with E-state index in [1.165, 1.54) is 0 Å². The number of para-hydroxylation sites is 2. The highest BCUT2D eigenvalue weighted by Gasteiger charge is 2.22. The van der Waals surface area contributed by atoms with Crippen molar-refractivity contribution in [3.05, 3.63) is 54.1 Å². The molecule has 0 atom stereocenters. The summed E-state index contributed by atoms with van der Waals surface area (Å²) in [5.74, 6) is 1.74. The van der Waals surface area contributed by atoms with E-state index in [-0.39, 0.29) is 12.5 Å². The summed E-state index contributed by atoms with van der Waals surface area (Å²) >= 11 is 1.80. The third-order valence-electron chi connectivity index (χ3n) is 3.73. The van der Waals surface area contributed by atoms with Gasteiger partial charge in [-0.3, -0.25) is 4.79 Å². The zero-order valence-corrected chi connectivity index (χ0v) is 13.4. The number of carbonyl (C=O) groups excluding carboxylic acids is 1. The maximum absolute atomic E-state index is 12.5. The lowest BCUT2D eigenvalue weighted by molar-refractivity contribution is -0.120. The van der Waals surface area contributed by atoms with Gasteiger partial charge in [0.05, 0.1) is 5.69 Å². The standard InChI is InChI=1S/C18H19NO2S/c1-2-14-7-3-5-9-16(14)21-13-18(20)19-11-12-22-17-10-6-4-8-15(17)19/h3-10H,2,11-13H2,1H3. The van der Waals surface area contributed by atoms with Crippen LogP contribution < -0.4 is 9.64 Å². The predicted octanol–water partition coefficient (Wildman–Crippen LogP) is 3.77. The fourth-order valence-corrected chi connectivity index (χ4v) is 3.58. The number of hydrogen-bond acceptors (Lipinski definition) is 3. The molecule has 0 spiro atoms. The Bertz CT molecular complexity index is 672. The first-order chi connectivity index (χ1) is 10.8. The molecule has 0 fully saturated rings. The van der Waals surface area contributed by atoms with Gasteiger partial charge in [0.25, 0.3) is 5.91 Å². The van der Waals surface area contributed by atoms with E-state index < -0.39 is 0 Å². The fourth-order valence-electron chi connectivity index (χ4n) is 2.58. The largest absolute Gasteiger partial charge is 0.483 e. The van der Waals surface area contributed by atoms with Gasteiger partial charge in [-0.1, -0.05) is 37.3 Å². The van der Waals surface area contributed by atoms with Crippen molar-refractivity contribution in [1.82, 2.24) is 0 Å². The molecule has 0 N–H and O–H groups in total. The lowest BCUT2D eigenvalue weighted by Gasteiger charge is -2.29. The summed E-state index contributed by atoms with van der Waals surface area (Å²) in [7, 11) is 0. The summed E-state index contributed by atoms with van der Waals surface area (Å²) < 4.78 is 5.76. The Hall–Kier alpha value is -1.94. The molecule has 4 heteroatoms. The Morgan fingerprint density at radius 3 is 2.82 bits per heavy atom. The minimum absolute atomic E-state index is 0.0126. The van der Waals surface area contributed by atoms with Crippen LogP contribution in [0.25, 0.3) is 0 Å². The van der Waals surface area contributed by atoms with Crippen LogP contribution in [0.4, 0.5) is 5.69 Å². The summed E-state index contributed by atoms with van der Waals surface area (Å²) in [6.07, 6.45) is 0.896. The van der Waals surface area contributed by atoms with Gasteiger partial charge in [-0.15, -0.1) is 11.8 Å². The average molecular weight is 313 g/mol. The van der Waals surface area contributed by atoms with Crippen molar-refractivity contribution in [2.75, 3.05) is 23.8 Å². The van der Waals surface area contributed by atoms with Crippen LogP contribution in [0, 0.1) is 0 Å². The number of anilines is 1. The molecule has 3 rings (SSSR count). The summed E-state index contributed by atoms with van der Waals surface area (Å²) in [6.45, 7) is 2.90. The molecule has 0 aromatic heterocycles. The van der Waals surface area contributed by atoms with Gasteiger partial charge in [0.2, 0.25) is 0 Å². The third kappa shape index (κ3) is 3.12. The first kappa shape index (κ1) is 15.0. The lowest BCUT2D eigenvalue weighted by atomic mass is 10.1. The zero-order valence-electron chi connectivity index (χ0n) is 12.6. The second kappa shape index (κ2) is 6.88. The summed E-state index contributed by atoms with van der Waals surface area (Å²) in [6, 6.07) is 15.9. The van der Waals surface area contributed by atoms with Crippen molar-refractivity contribution < 1.29 is 9.53 Å². The van der Waals surface area contributed by atoms with Crippen LogP contribution in [0.2, 0.25) is 0 Å². The van der Waals surface area contributed by atoms with Gasteiger partial charge >= 0.3 is 0 Å². The van der Waals surface area contributed by atoms with Crippen molar-refractivity contribution in [1.29, 1.82) is 0 Å². The third-order valence-corrected chi connectivity index (χ3v) is 4.78. The van der Waals surface area contributed by atoms with Crippen LogP contribution in [-0.2, 0) is 11.2 Å². The number of hydrogen-bond donors (Lipinski definition) is 0. The number of nitrogens with zero attached hydrogens (tertiary/aromatic N) is 1. The maximum Gasteiger partial charge on any atom is 0.264 e. The van der Waals surface area contributed by atoms with Crippen LogP contribution in [0.15, 0.2) is 53.4 Å². The van der Waals surface area contributed by atoms with Gasteiger partial charge in [0.15, 0.2) is 6.61 Å². The van der Waals surface area contributed by atoms with E-state index in [0.717, 1.165) is 40.6 Å². The highest BCUT2D eigenvalue weighted by Crippen LogP contribution is 2.34. The molecule has 1 amide bonds. The van der Waals surface area contributed by atoms with Crippen molar-refractivity contribution >= 4 is 23.4 Å². The van der Waals surface area contributed by atoms with Crippen LogP contribution in [0.5, 0.6) is 5.75 Å². The molecule has 0 saturated carbocycles. The van der Waals surface area contributed by atoms with E-state index in [2.05, 4.69) is 13.0 Å². The number of benzene rings is 2. The number of ether oxygens (including phenoxy) is 1. The monoisotopic (exact) mass is 313 g/mol. The Balaban J connectivity index is 1.71. The Morgan fingerprint density at radius 1 is 1.18 bits per heavy atom. The van der Waals surface area contributed by atoms with Gasteiger partial charge in [-0.25, -0.2) is 0 Å². The van der Waals surface area contributed by atoms with Gasteiger partial charge in [0.1, 0.15) is 5.75 Å². The molecule has 0 unspecified atom stereocenters. The predicted molar refractivity (Wildman–Crippen MR) is 90.8 cm³/mol. The van der Waals surface area contributed by atoms with E-state index in [4.69, 9.17) is 4.74 Å². The van der Waals surface area contributed by atoms with E-state index in [0.29, 0.717) is 0 Å². The molecule has 0 aliphatic carbocycles. The van der Waals surface area contributed by atoms with Crippen LogP contribution in [0.1, 0.15) is 12.5 Å². The van der Waals surface area contributed by atoms with Crippen LogP contribution in [-0.4, -0.2) is 24.8 Å². The molecule has 0 saturated heterocycles. The van der Waals surface area contributed by atoms with E-state index in [1.54, 1.807) is 11.8 Å². The average Bonchev–Trinajstić information content (AvgIpc) is 2.59. The molecule has 22 heavy (non-hydrogen) atoms. The Morgan fingerprint density at radius 2 is 1.95 bits per heavy atom. The molecular weight excluding hydrogens is 294 g/mol.